The van der Waals surface area contributed by atoms with Gasteiger partial charge in [0.15, 0.2) is 0 Å². The molecular weight excluding hydrogens is 319 g/mol. The number of nitrogens with zero attached hydrogens (tertiary/aromatic N) is 1. The van der Waals surface area contributed by atoms with Crippen LogP contribution < -0.4 is 5.32 Å². The molecule has 1 heterocycles. The monoisotopic (exact) mass is 336 g/mol. The van der Waals surface area contributed by atoms with Gasteiger partial charge in [-0.15, -0.1) is 0 Å². The van der Waals surface area contributed by atoms with Gasteiger partial charge < -0.3 is 5.32 Å². The van der Waals surface area contributed by atoms with Gasteiger partial charge in [0.25, 0.3) is 0 Å². The summed E-state index contributed by atoms with van der Waals surface area (Å²) in [6.45, 7) is 3.80. The van der Waals surface area contributed by atoms with Crippen LogP contribution >= 0.6 is 15.9 Å². The van der Waals surface area contributed by atoms with Crippen molar-refractivity contribution in [2.75, 3.05) is 13.1 Å². The van der Waals surface area contributed by atoms with E-state index in [0.29, 0.717) is 0 Å². The number of aromatic nitrogens is 1. The first-order chi connectivity index (χ1) is 9.69. The van der Waals surface area contributed by atoms with Crippen molar-refractivity contribution in [1.82, 2.24) is 10.3 Å². The van der Waals surface area contributed by atoms with Gasteiger partial charge in [-0.2, -0.15) is 0 Å². The van der Waals surface area contributed by atoms with Crippen molar-refractivity contribution in [2.45, 2.75) is 19.3 Å². The minimum atomic E-state index is -0.184. The van der Waals surface area contributed by atoms with Crippen LogP contribution in [0.3, 0.4) is 0 Å². The predicted molar refractivity (Wildman–Crippen MR) is 83.3 cm³/mol. The number of pyridine rings is 1. The average molecular weight is 337 g/mol. The minimum Gasteiger partial charge on any atom is -0.316 e. The summed E-state index contributed by atoms with van der Waals surface area (Å²) < 4.78 is 14.4. The number of likely N-dealkylation sites (N-methyl/N-ethyl adjacent to an activating group) is 1. The third-order valence-electron chi connectivity index (χ3n) is 3.20. The molecule has 1 atom stereocenters. The zero-order valence-electron chi connectivity index (χ0n) is 11.4. The highest BCUT2D eigenvalue weighted by molar-refractivity contribution is 9.10. The lowest BCUT2D eigenvalue weighted by Gasteiger charge is -2.18. The normalized spacial score (nSPS) is 12.3. The standard InChI is InChI=1S/C16H18BrFN2/c1-2-19-10-14(13-4-3-5-16(18)8-13)6-12-7-15(17)11-20-9-12/h3-5,7-9,11,14,19H,2,6,10H2,1H3. The molecule has 2 nitrogen and oxygen atoms in total. The van der Waals surface area contributed by atoms with Gasteiger partial charge in [-0.05, 0) is 58.2 Å². The van der Waals surface area contributed by atoms with Crippen molar-refractivity contribution in [1.29, 1.82) is 0 Å². The molecule has 0 bridgehead atoms. The summed E-state index contributed by atoms with van der Waals surface area (Å²) in [5, 5.41) is 3.35. The molecule has 106 valence electrons. The van der Waals surface area contributed by atoms with E-state index in [1.165, 1.54) is 6.07 Å². The molecule has 1 N–H and O–H groups in total. The van der Waals surface area contributed by atoms with E-state index in [2.05, 4.69) is 39.2 Å². The Bertz CT molecular complexity index is 560. The summed E-state index contributed by atoms with van der Waals surface area (Å²) in [5.74, 6) is 0.0538. The maximum absolute atomic E-state index is 13.4. The SMILES string of the molecule is CCNCC(Cc1cncc(Br)c1)c1cccc(F)c1. The van der Waals surface area contributed by atoms with Crippen LogP contribution in [0.4, 0.5) is 4.39 Å². The molecule has 0 spiro atoms. The molecule has 1 aromatic heterocycles. The fourth-order valence-corrected chi connectivity index (χ4v) is 2.65. The lowest BCUT2D eigenvalue weighted by atomic mass is 9.92. The van der Waals surface area contributed by atoms with Gasteiger partial charge in [-0.3, -0.25) is 4.98 Å². The lowest BCUT2D eigenvalue weighted by molar-refractivity contribution is 0.582. The Morgan fingerprint density at radius 3 is 2.85 bits per heavy atom. The predicted octanol–water partition coefficient (Wildman–Crippen LogP) is 3.92. The van der Waals surface area contributed by atoms with E-state index in [9.17, 15) is 4.39 Å². The first-order valence-corrected chi connectivity index (χ1v) is 7.54. The smallest absolute Gasteiger partial charge is 0.123 e. The van der Waals surface area contributed by atoms with Crippen LogP contribution in [-0.4, -0.2) is 18.1 Å². The number of rotatable bonds is 6. The van der Waals surface area contributed by atoms with Gasteiger partial charge in [0.2, 0.25) is 0 Å². The van der Waals surface area contributed by atoms with Crippen molar-refractivity contribution in [3.63, 3.8) is 0 Å². The second-order valence-electron chi connectivity index (χ2n) is 4.78. The molecular formula is C16H18BrFN2. The summed E-state index contributed by atoms with van der Waals surface area (Å²) in [6, 6.07) is 8.91. The van der Waals surface area contributed by atoms with E-state index in [-0.39, 0.29) is 11.7 Å². The molecule has 4 heteroatoms. The van der Waals surface area contributed by atoms with E-state index < -0.39 is 0 Å². The van der Waals surface area contributed by atoms with E-state index in [4.69, 9.17) is 0 Å². The molecule has 2 aromatic rings. The highest BCUT2D eigenvalue weighted by Crippen LogP contribution is 2.22. The van der Waals surface area contributed by atoms with Crippen LogP contribution in [-0.2, 0) is 6.42 Å². The highest BCUT2D eigenvalue weighted by Gasteiger charge is 2.13. The second-order valence-corrected chi connectivity index (χ2v) is 5.69. The molecule has 0 radical (unpaired) electrons. The Morgan fingerprint density at radius 2 is 2.15 bits per heavy atom. The van der Waals surface area contributed by atoms with Crippen molar-refractivity contribution >= 4 is 15.9 Å². The van der Waals surface area contributed by atoms with Gasteiger partial charge in [0, 0.05) is 29.3 Å². The summed E-state index contributed by atoms with van der Waals surface area (Å²) in [7, 11) is 0. The van der Waals surface area contributed by atoms with Crippen molar-refractivity contribution < 1.29 is 4.39 Å². The van der Waals surface area contributed by atoms with Gasteiger partial charge in [-0.25, -0.2) is 4.39 Å². The Labute approximate surface area is 127 Å². The average Bonchev–Trinajstić information content (AvgIpc) is 2.43. The minimum absolute atomic E-state index is 0.184. The van der Waals surface area contributed by atoms with Crippen LogP contribution in [0.5, 0.6) is 0 Å². The van der Waals surface area contributed by atoms with E-state index in [0.717, 1.165) is 35.1 Å². The molecule has 1 aromatic carbocycles. The Morgan fingerprint density at radius 1 is 1.30 bits per heavy atom. The molecule has 0 saturated heterocycles. The van der Waals surface area contributed by atoms with Crippen LogP contribution in [0.2, 0.25) is 0 Å². The van der Waals surface area contributed by atoms with Crippen molar-refractivity contribution in [3.05, 3.63) is 64.1 Å². The zero-order chi connectivity index (χ0) is 14.4. The van der Waals surface area contributed by atoms with Gasteiger partial charge in [0.1, 0.15) is 5.82 Å². The zero-order valence-corrected chi connectivity index (χ0v) is 13.0. The van der Waals surface area contributed by atoms with E-state index >= 15 is 0 Å². The molecule has 0 aliphatic rings. The quantitative estimate of drug-likeness (QED) is 0.864. The molecule has 0 amide bonds. The topological polar surface area (TPSA) is 24.9 Å². The molecule has 0 saturated carbocycles. The van der Waals surface area contributed by atoms with E-state index in [1.807, 2.05) is 12.3 Å². The lowest BCUT2D eigenvalue weighted by Crippen LogP contribution is -2.22. The molecule has 1 unspecified atom stereocenters. The Kier molecular flexibility index (Phi) is 5.68. The second kappa shape index (κ2) is 7.50. The van der Waals surface area contributed by atoms with Crippen LogP contribution in [0.1, 0.15) is 24.0 Å². The maximum atomic E-state index is 13.4. The van der Waals surface area contributed by atoms with Crippen LogP contribution in [0, 0.1) is 5.82 Å². The Hall–Kier alpha value is -1.26. The highest BCUT2D eigenvalue weighted by atomic mass is 79.9. The number of benzene rings is 1. The third kappa shape index (κ3) is 4.39. The van der Waals surface area contributed by atoms with Gasteiger partial charge in [-0.1, -0.05) is 19.1 Å². The molecule has 0 fully saturated rings. The van der Waals surface area contributed by atoms with Crippen LogP contribution in [0.25, 0.3) is 0 Å². The first-order valence-electron chi connectivity index (χ1n) is 6.74. The first kappa shape index (κ1) is 15.1. The maximum Gasteiger partial charge on any atom is 0.123 e. The van der Waals surface area contributed by atoms with Crippen LogP contribution in [0.15, 0.2) is 47.2 Å². The number of halogens is 2. The van der Waals surface area contributed by atoms with E-state index in [1.54, 1.807) is 18.3 Å². The van der Waals surface area contributed by atoms with Gasteiger partial charge >= 0.3 is 0 Å². The third-order valence-corrected chi connectivity index (χ3v) is 3.64. The largest absolute Gasteiger partial charge is 0.316 e. The van der Waals surface area contributed by atoms with Crippen molar-refractivity contribution in [3.8, 4) is 0 Å². The Balaban J connectivity index is 2.19. The molecule has 20 heavy (non-hydrogen) atoms. The summed E-state index contributed by atoms with van der Waals surface area (Å²) in [5.41, 5.74) is 2.16. The molecule has 2 rings (SSSR count). The fraction of sp³-hybridized carbons (Fsp3) is 0.312. The molecule has 0 aliphatic heterocycles. The number of hydrogen-bond donors (Lipinski definition) is 1. The van der Waals surface area contributed by atoms with Gasteiger partial charge in [0.05, 0.1) is 0 Å². The number of hydrogen-bond acceptors (Lipinski definition) is 2. The summed E-state index contributed by atoms with van der Waals surface area (Å²) >= 11 is 3.43. The summed E-state index contributed by atoms with van der Waals surface area (Å²) in [4.78, 5) is 4.19. The summed E-state index contributed by atoms with van der Waals surface area (Å²) in [6.07, 6.45) is 4.47. The number of nitrogens with one attached hydrogen (secondary N) is 1. The molecule has 0 aliphatic carbocycles. The fourth-order valence-electron chi connectivity index (χ4n) is 2.24. The van der Waals surface area contributed by atoms with Crippen molar-refractivity contribution in [2.24, 2.45) is 0 Å².